The highest BCUT2D eigenvalue weighted by Crippen LogP contribution is 2.34. The van der Waals surface area contributed by atoms with E-state index in [0.29, 0.717) is 16.9 Å². The normalized spacial score (nSPS) is 12.9. The highest BCUT2D eigenvalue weighted by atomic mass is 35.5. The molecule has 4 aromatic rings. The van der Waals surface area contributed by atoms with Gasteiger partial charge in [-0.1, -0.05) is 11.6 Å². The fraction of sp³-hybridized carbons (Fsp3) is 0.0526. The van der Waals surface area contributed by atoms with Gasteiger partial charge >= 0.3 is 0 Å². The fourth-order valence-corrected chi connectivity index (χ4v) is 3.56. The summed E-state index contributed by atoms with van der Waals surface area (Å²) in [5, 5.41) is 2.38. The minimum Gasteiger partial charge on any atom is -0.437 e. The molecular formula is C19H11ClN4OS. The number of fused-ring (bicyclic) bond motifs is 1. The Hall–Kier alpha value is -2.83. The van der Waals surface area contributed by atoms with Gasteiger partial charge in [0, 0.05) is 11.8 Å². The first-order valence-corrected chi connectivity index (χ1v) is 9.21. The lowest BCUT2D eigenvalue weighted by Gasteiger charge is -2.08. The first-order chi connectivity index (χ1) is 12.8. The summed E-state index contributed by atoms with van der Waals surface area (Å²) in [5.74, 6) is 1.81. The van der Waals surface area contributed by atoms with E-state index in [1.54, 1.807) is 23.6 Å². The van der Waals surface area contributed by atoms with Gasteiger partial charge in [0.1, 0.15) is 15.6 Å². The maximum Gasteiger partial charge on any atom is 0.240 e. The molecule has 4 heterocycles. The number of rotatable bonds is 4. The van der Waals surface area contributed by atoms with Gasteiger partial charge in [-0.15, -0.1) is 11.3 Å². The molecule has 0 fully saturated rings. The molecule has 0 saturated heterocycles. The van der Waals surface area contributed by atoms with Crippen LogP contribution in [0.5, 0.6) is 11.6 Å². The zero-order valence-electron chi connectivity index (χ0n) is 13.4. The van der Waals surface area contributed by atoms with Crippen LogP contribution in [-0.4, -0.2) is 27.2 Å². The summed E-state index contributed by atoms with van der Waals surface area (Å²) in [4.78, 5) is 17.4. The van der Waals surface area contributed by atoms with E-state index < -0.39 is 0 Å². The molecule has 1 aliphatic rings. The molecule has 0 spiro atoms. The first kappa shape index (κ1) is 15.4. The van der Waals surface area contributed by atoms with Crippen molar-refractivity contribution in [1.82, 2.24) is 15.0 Å². The van der Waals surface area contributed by atoms with Gasteiger partial charge in [-0.3, -0.25) is 4.99 Å². The second kappa shape index (κ2) is 6.16. The molecule has 3 aromatic heterocycles. The van der Waals surface area contributed by atoms with E-state index in [-0.39, 0.29) is 0 Å². The number of hydrogen-bond donors (Lipinski definition) is 0. The standard InChI is InChI=1S/C19H11ClN4OS/c20-16-9-12(5-7-21-16)18-23-14-6-8-26-17(14)19(24-18)25-13-3-1-11(2-4-13)15-10-22-15/h1-9H,10H2. The number of pyridine rings is 1. The molecule has 0 unspecified atom stereocenters. The topological polar surface area (TPSA) is 60.3 Å². The van der Waals surface area contributed by atoms with Crippen LogP contribution in [0, 0.1) is 0 Å². The van der Waals surface area contributed by atoms with Crippen molar-refractivity contribution < 1.29 is 4.74 Å². The van der Waals surface area contributed by atoms with Crippen LogP contribution < -0.4 is 4.74 Å². The number of hydrogen-bond acceptors (Lipinski definition) is 6. The van der Waals surface area contributed by atoms with Gasteiger partial charge in [0.25, 0.3) is 0 Å². The van der Waals surface area contributed by atoms with Gasteiger partial charge in [-0.05, 0) is 53.4 Å². The van der Waals surface area contributed by atoms with Gasteiger partial charge in [-0.25, -0.2) is 9.97 Å². The Bertz CT molecular complexity index is 1150. The summed E-state index contributed by atoms with van der Waals surface area (Å²) in [6.45, 7) is 0.833. The minimum atomic E-state index is 0.401. The maximum atomic E-state index is 6.07. The highest BCUT2D eigenvalue weighted by Gasteiger charge is 2.15. The third kappa shape index (κ3) is 2.94. The van der Waals surface area contributed by atoms with Crippen LogP contribution in [0.25, 0.3) is 21.6 Å². The lowest BCUT2D eigenvalue weighted by atomic mass is 10.2. The van der Waals surface area contributed by atoms with Crippen LogP contribution in [0.3, 0.4) is 0 Å². The zero-order valence-corrected chi connectivity index (χ0v) is 15.0. The highest BCUT2D eigenvalue weighted by molar-refractivity contribution is 7.17. The number of ether oxygens (including phenoxy) is 1. The number of nitrogens with zero attached hydrogens (tertiary/aromatic N) is 4. The van der Waals surface area contributed by atoms with E-state index in [1.165, 1.54) is 0 Å². The van der Waals surface area contributed by atoms with E-state index in [4.69, 9.17) is 16.3 Å². The average molecular weight is 379 g/mol. The number of benzene rings is 1. The third-order valence-electron chi connectivity index (χ3n) is 3.98. The first-order valence-electron chi connectivity index (χ1n) is 7.95. The van der Waals surface area contributed by atoms with Gasteiger partial charge in [0.15, 0.2) is 5.82 Å². The smallest absolute Gasteiger partial charge is 0.240 e. The number of thiophene rings is 1. The Morgan fingerprint density at radius 2 is 1.85 bits per heavy atom. The SMILES string of the molecule is Clc1cc(-c2nc(Oc3ccc(C4=NC4)cc3)c3sccc3n2)ccn1. The van der Waals surface area contributed by atoms with Crippen LogP contribution in [0.1, 0.15) is 5.56 Å². The molecule has 0 amide bonds. The van der Waals surface area contributed by atoms with E-state index in [9.17, 15) is 0 Å². The van der Waals surface area contributed by atoms with Crippen molar-refractivity contribution in [3.05, 3.63) is 64.8 Å². The molecule has 0 saturated carbocycles. The molecular weight excluding hydrogens is 368 g/mol. The Labute approximate surface area is 158 Å². The van der Waals surface area contributed by atoms with Crippen molar-refractivity contribution in [2.75, 3.05) is 6.54 Å². The van der Waals surface area contributed by atoms with Crippen molar-refractivity contribution >= 4 is 38.9 Å². The molecule has 1 aliphatic heterocycles. The van der Waals surface area contributed by atoms with Gasteiger partial charge in [0.2, 0.25) is 5.88 Å². The molecule has 7 heteroatoms. The molecule has 126 valence electrons. The van der Waals surface area contributed by atoms with Crippen molar-refractivity contribution in [2.24, 2.45) is 4.99 Å². The van der Waals surface area contributed by atoms with E-state index in [2.05, 4.69) is 19.9 Å². The molecule has 0 N–H and O–H groups in total. The Morgan fingerprint density at radius 3 is 2.62 bits per heavy atom. The summed E-state index contributed by atoms with van der Waals surface area (Å²) < 4.78 is 6.98. The predicted octanol–water partition coefficient (Wildman–Crippen LogP) is 5.00. The van der Waals surface area contributed by atoms with Gasteiger partial charge < -0.3 is 4.74 Å². The number of halogens is 1. The molecule has 5 nitrogen and oxygen atoms in total. The van der Waals surface area contributed by atoms with Crippen LogP contribution in [0.15, 0.2) is 59.0 Å². The zero-order chi connectivity index (χ0) is 17.5. The third-order valence-corrected chi connectivity index (χ3v) is 5.07. The quantitative estimate of drug-likeness (QED) is 0.469. The van der Waals surface area contributed by atoms with Gasteiger partial charge in [0.05, 0.1) is 17.8 Å². The largest absolute Gasteiger partial charge is 0.437 e. The van der Waals surface area contributed by atoms with E-state index in [0.717, 1.165) is 39.3 Å². The molecule has 0 aliphatic carbocycles. The summed E-state index contributed by atoms with van der Waals surface area (Å²) in [6, 6.07) is 13.4. The average Bonchev–Trinajstić information content (AvgIpc) is 3.39. The maximum absolute atomic E-state index is 6.07. The lowest BCUT2D eigenvalue weighted by Crippen LogP contribution is -1.95. The fourth-order valence-electron chi connectivity index (χ4n) is 2.63. The molecule has 0 bridgehead atoms. The number of aromatic nitrogens is 3. The molecule has 5 rings (SSSR count). The Balaban J connectivity index is 1.55. The van der Waals surface area contributed by atoms with Crippen molar-refractivity contribution in [3.63, 3.8) is 0 Å². The second-order valence-electron chi connectivity index (χ2n) is 5.74. The van der Waals surface area contributed by atoms with Crippen LogP contribution >= 0.6 is 22.9 Å². The minimum absolute atomic E-state index is 0.401. The van der Waals surface area contributed by atoms with Crippen molar-refractivity contribution in [1.29, 1.82) is 0 Å². The number of aliphatic imine (C=N–C) groups is 1. The lowest BCUT2D eigenvalue weighted by molar-refractivity contribution is 0.470. The summed E-state index contributed by atoms with van der Waals surface area (Å²) in [6.07, 6.45) is 1.64. The molecule has 0 radical (unpaired) electrons. The van der Waals surface area contributed by atoms with Crippen molar-refractivity contribution in [3.8, 4) is 23.0 Å². The van der Waals surface area contributed by atoms with E-state index >= 15 is 0 Å². The van der Waals surface area contributed by atoms with Crippen LogP contribution in [-0.2, 0) is 0 Å². The van der Waals surface area contributed by atoms with Crippen molar-refractivity contribution in [2.45, 2.75) is 0 Å². The summed E-state index contributed by atoms with van der Waals surface area (Å²) in [5.41, 5.74) is 3.90. The monoisotopic (exact) mass is 378 g/mol. The van der Waals surface area contributed by atoms with E-state index in [1.807, 2.05) is 41.8 Å². The summed E-state index contributed by atoms with van der Waals surface area (Å²) >= 11 is 7.55. The molecule has 1 aromatic carbocycles. The Morgan fingerprint density at radius 1 is 1.00 bits per heavy atom. The second-order valence-corrected chi connectivity index (χ2v) is 7.05. The Kier molecular flexibility index (Phi) is 3.65. The van der Waals surface area contributed by atoms with Crippen LogP contribution in [0.2, 0.25) is 5.15 Å². The van der Waals surface area contributed by atoms with Gasteiger partial charge in [-0.2, -0.15) is 4.98 Å². The molecule has 26 heavy (non-hydrogen) atoms. The summed E-state index contributed by atoms with van der Waals surface area (Å²) in [7, 11) is 0. The van der Waals surface area contributed by atoms with Crippen LogP contribution in [0.4, 0.5) is 0 Å². The molecule has 0 atom stereocenters. The predicted molar refractivity (Wildman–Crippen MR) is 104 cm³/mol.